The fourth-order valence-corrected chi connectivity index (χ4v) is 4.84. The van der Waals surface area contributed by atoms with Crippen LogP contribution >= 0.6 is 15.9 Å². The number of fused-ring (bicyclic) bond motifs is 3. The molecule has 8 nitrogen and oxygen atoms in total. The maximum atomic E-state index is 12.8. The van der Waals surface area contributed by atoms with Crippen LogP contribution in [0.4, 0.5) is 0 Å². The van der Waals surface area contributed by atoms with E-state index in [4.69, 9.17) is 4.42 Å². The first-order chi connectivity index (χ1) is 14.5. The number of benzene rings is 1. The summed E-state index contributed by atoms with van der Waals surface area (Å²) >= 11 is 3.45. The number of likely N-dealkylation sites (tertiary alicyclic amines) is 2. The third kappa shape index (κ3) is 3.66. The van der Waals surface area contributed by atoms with Gasteiger partial charge in [0.15, 0.2) is 0 Å². The van der Waals surface area contributed by atoms with Crippen molar-refractivity contribution in [3.8, 4) is 0 Å². The number of hydrogen-bond acceptors (Lipinski definition) is 6. The zero-order valence-electron chi connectivity index (χ0n) is 16.4. The summed E-state index contributed by atoms with van der Waals surface area (Å²) in [6.45, 7) is 3.17. The molecule has 0 radical (unpaired) electrons. The summed E-state index contributed by atoms with van der Waals surface area (Å²) in [5, 5.41) is 10.5. The van der Waals surface area contributed by atoms with Gasteiger partial charge in [0, 0.05) is 29.5 Å². The number of piperidine rings is 1. The quantitative estimate of drug-likeness (QED) is 0.603. The van der Waals surface area contributed by atoms with E-state index in [1.807, 2.05) is 23.1 Å². The maximum Gasteiger partial charge on any atom is 0.294 e. The molecule has 2 fully saturated rings. The molecule has 0 saturated carbocycles. The van der Waals surface area contributed by atoms with E-state index in [1.165, 1.54) is 0 Å². The first-order valence-corrected chi connectivity index (χ1v) is 11.1. The summed E-state index contributed by atoms with van der Waals surface area (Å²) in [4.78, 5) is 36.9. The number of aliphatic hydroxyl groups is 1. The summed E-state index contributed by atoms with van der Waals surface area (Å²) in [7, 11) is 0. The SMILES string of the molecule is O=C(C1CCN(Cc2nc3c(oc4ccc(Br)cc43)c(=O)[nH]2)C1)N1CCC(O)CC1. The molecule has 0 aliphatic carbocycles. The lowest BCUT2D eigenvalue weighted by Gasteiger charge is -2.31. The number of aromatic nitrogens is 2. The number of carbonyl (C=O) groups is 1. The Morgan fingerprint density at radius 1 is 1.27 bits per heavy atom. The largest absolute Gasteiger partial charge is 0.449 e. The molecule has 2 aromatic heterocycles. The van der Waals surface area contributed by atoms with Gasteiger partial charge in [-0.25, -0.2) is 4.98 Å². The highest BCUT2D eigenvalue weighted by Crippen LogP contribution is 2.28. The molecule has 1 unspecified atom stereocenters. The normalized spacial score (nSPS) is 21.1. The van der Waals surface area contributed by atoms with Gasteiger partial charge in [0.1, 0.15) is 16.9 Å². The van der Waals surface area contributed by atoms with Gasteiger partial charge in [-0.05, 0) is 44.0 Å². The number of halogens is 1. The molecule has 3 aromatic rings. The van der Waals surface area contributed by atoms with Crippen LogP contribution in [0.2, 0.25) is 0 Å². The van der Waals surface area contributed by atoms with Crippen LogP contribution in [-0.2, 0) is 11.3 Å². The molecule has 2 aliphatic rings. The molecule has 0 spiro atoms. The predicted octanol–water partition coefficient (Wildman–Crippen LogP) is 2.24. The lowest BCUT2D eigenvalue weighted by molar-refractivity contribution is -0.137. The van der Waals surface area contributed by atoms with Crippen molar-refractivity contribution in [2.24, 2.45) is 5.92 Å². The molecule has 0 bridgehead atoms. The zero-order chi connectivity index (χ0) is 20.8. The predicted molar refractivity (Wildman–Crippen MR) is 115 cm³/mol. The highest BCUT2D eigenvalue weighted by molar-refractivity contribution is 9.10. The fraction of sp³-hybridized carbons (Fsp3) is 0.476. The molecular weight excluding hydrogens is 452 g/mol. The number of carbonyl (C=O) groups excluding carboxylic acids is 1. The number of aliphatic hydroxyl groups excluding tert-OH is 1. The molecular formula is C21H23BrN4O4. The fourth-order valence-electron chi connectivity index (χ4n) is 4.48. The summed E-state index contributed by atoms with van der Waals surface area (Å²) in [6, 6.07) is 5.58. The van der Waals surface area contributed by atoms with Crippen LogP contribution in [-0.4, -0.2) is 63.1 Å². The second-order valence-corrected chi connectivity index (χ2v) is 9.13. The van der Waals surface area contributed by atoms with Crippen LogP contribution in [0.15, 0.2) is 31.9 Å². The number of nitrogens with one attached hydrogen (secondary N) is 1. The van der Waals surface area contributed by atoms with E-state index in [0.717, 1.165) is 22.8 Å². The molecule has 5 rings (SSSR count). The average molecular weight is 475 g/mol. The van der Waals surface area contributed by atoms with Crippen molar-refractivity contribution in [1.82, 2.24) is 19.8 Å². The van der Waals surface area contributed by atoms with Crippen molar-refractivity contribution >= 4 is 43.9 Å². The number of nitrogens with zero attached hydrogens (tertiary/aromatic N) is 3. The van der Waals surface area contributed by atoms with Crippen LogP contribution in [0.1, 0.15) is 25.1 Å². The van der Waals surface area contributed by atoms with E-state index in [1.54, 1.807) is 0 Å². The standard InChI is InChI=1S/C21H23BrN4O4/c22-13-1-2-16-15(9-13)18-19(30-16)20(28)24-17(23-18)11-25-6-3-12(10-25)21(29)26-7-4-14(27)5-8-26/h1-2,9,12,14,27H,3-8,10-11H2,(H,23,24,28). The molecule has 1 amide bonds. The molecule has 1 aromatic carbocycles. The van der Waals surface area contributed by atoms with Gasteiger partial charge in [0.05, 0.1) is 18.6 Å². The van der Waals surface area contributed by atoms with Crippen molar-refractivity contribution < 1.29 is 14.3 Å². The second-order valence-electron chi connectivity index (χ2n) is 8.21. The molecule has 1 atom stereocenters. The van der Waals surface area contributed by atoms with Crippen molar-refractivity contribution in [2.45, 2.75) is 31.9 Å². The van der Waals surface area contributed by atoms with Crippen molar-refractivity contribution in [2.75, 3.05) is 26.2 Å². The Bertz CT molecular complexity index is 1160. The van der Waals surface area contributed by atoms with Gasteiger partial charge in [0.25, 0.3) is 5.56 Å². The van der Waals surface area contributed by atoms with E-state index in [2.05, 4.69) is 30.8 Å². The summed E-state index contributed by atoms with van der Waals surface area (Å²) < 4.78 is 6.57. The first kappa shape index (κ1) is 19.7. The molecule has 158 valence electrons. The van der Waals surface area contributed by atoms with Crippen molar-refractivity contribution in [3.05, 3.63) is 38.9 Å². The Morgan fingerprint density at radius 2 is 2.07 bits per heavy atom. The maximum absolute atomic E-state index is 12.8. The Morgan fingerprint density at radius 3 is 2.87 bits per heavy atom. The lowest BCUT2D eigenvalue weighted by Crippen LogP contribution is -2.43. The number of amides is 1. The number of rotatable bonds is 3. The van der Waals surface area contributed by atoms with Crippen molar-refractivity contribution in [1.29, 1.82) is 0 Å². The molecule has 9 heteroatoms. The van der Waals surface area contributed by atoms with Gasteiger partial charge >= 0.3 is 0 Å². The van der Waals surface area contributed by atoms with E-state index in [0.29, 0.717) is 55.9 Å². The molecule has 2 aliphatic heterocycles. The van der Waals surface area contributed by atoms with Gasteiger partial charge in [0.2, 0.25) is 11.5 Å². The summed E-state index contributed by atoms with van der Waals surface area (Å²) in [5.74, 6) is 0.706. The van der Waals surface area contributed by atoms with E-state index >= 15 is 0 Å². The minimum atomic E-state index is -0.291. The Hall–Kier alpha value is -2.23. The minimum absolute atomic E-state index is 0.0404. The second kappa shape index (κ2) is 7.79. The van der Waals surface area contributed by atoms with Crippen LogP contribution in [0.3, 0.4) is 0 Å². The van der Waals surface area contributed by atoms with Crippen LogP contribution in [0, 0.1) is 5.92 Å². The van der Waals surface area contributed by atoms with Gasteiger partial charge in [-0.2, -0.15) is 0 Å². The molecule has 2 N–H and O–H groups in total. The van der Waals surface area contributed by atoms with E-state index < -0.39 is 0 Å². The first-order valence-electron chi connectivity index (χ1n) is 10.3. The van der Waals surface area contributed by atoms with Crippen LogP contribution in [0.5, 0.6) is 0 Å². The van der Waals surface area contributed by atoms with E-state index in [-0.39, 0.29) is 29.1 Å². The molecule has 2 saturated heterocycles. The number of aromatic amines is 1. The highest BCUT2D eigenvalue weighted by atomic mass is 79.9. The smallest absolute Gasteiger partial charge is 0.294 e. The van der Waals surface area contributed by atoms with Crippen LogP contribution in [0.25, 0.3) is 22.1 Å². The van der Waals surface area contributed by atoms with Gasteiger partial charge in [-0.15, -0.1) is 0 Å². The number of H-pyrrole nitrogens is 1. The average Bonchev–Trinajstić information content (AvgIpc) is 3.33. The summed E-state index contributed by atoms with van der Waals surface area (Å²) in [5.41, 5.74) is 1.13. The monoisotopic (exact) mass is 474 g/mol. The summed E-state index contributed by atoms with van der Waals surface area (Å²) in [6.07, 6.45) is 1.82. The third-order valence-corrected chi connectivity index (χ3v) is 6.60. The molecule has 30 heavy (non-hydrogen) atoms. The van der Waals surface area contributed by atoms with Crippen molar-refractivity contribution in [3.63, 3.8) is 0 Å². The lowest BCUT2D eigenvalue weighted by atomic mass is 10.0. The minimum Gasteiger partial charge on any atom is -0.449 e. The van der Waals surface area contributed by atoms with Gasteiger partial charge < -0.3 is 19.4 Å². The van der Waals surface area contributed by atoms with Gasteiger partial charge in [-0.3, -0.25) is 14.5 Å². The Labute approximate surface area is 181 Å². The zero-order valence-corrected chi connectivity index (χ0v) is 18.0. The topological polar surface area (TPSA) is 103 Å². The third-order valence-electron chi connectivity index (χ3n) is 6.11. The van der Waals surface area contributed by atoms with E-state index in [9.17, 15) is 14.7 Å². The Balaban J connectivity index is 1.32. The van der Waals surface area contributed by atoms with Crippen LogP contribution < -0.4 is 5.56 Å². The number of hydrogen-bond donors (Lipinski definition) is 2. The number of furan rings is 1. The van der Waals surface area contributed by atoms with Gasteiger partial charge in [-0.1, -0.05) is 15.9 Å². The highest BCUT2D eigenvalue weighted by Gasteiger charge is 2.33. The molecule has 4 heterocycles. The Kier molecular flexibility index (Phi) is 5.12.